The molecule has 0 aromatic heterocycles. The smallest absolute Gasteiger partial charge is 0.174 e. The van der Waals surface area contributed by atoms with E-state index in [0.717, 1.165) is 12.0 Å². The number of hydrogen-bond acceptors (Lipinski definition) is 2. The Labute approximate surface area is 119 Å². The highest BCUT2D eigenvalue weighted by molar-refractivity contribution is 6.04. The summed E-state index contributed by atoms with van der Waals surface area (Å²) >= 11 is 0. The van der Waals surface area contributed by atoms with E-state index in [0.29, 0.717) is 11.3 Å². The van der Waals surface area contributed by atoms with Gasteiger partial charge in [0, 0.05) is 0 Å². The zero-order chi connectivity index (χ0) is 14.1. The van der Waals surface area contributed by atoms with Gasteiger partial charge in [-0.3, -0.25) is 4.79 Å². The lowest BCUT2D eigenvalue weighted by Crippen LogP contribution is -2.25. The molecule has 0 bridgehead atoms. The van der Waals surface area contributed by atoms with E-state index < -0.39 is 0 Å². The van der Waals surface area contributed by atoms with Gasteiger partial charge in [0.15, 0.2) is 5.78 Å². The molecule has 0 spiro atoms. The summed E-state index contributed by atoms with van der Waals surface area (Å²) in [5.74, 6) is 0.847. The second kappa shape index (κ2) is 5.12. The van der Waals surface area contributed by atoms with Crippen molar-refractivity contribution in [2.45, 2.75) is 32.3 Å². The third kappa shape index (κ3) is 2.22. The van der Waals surface area contributed by atoms with Crippen molar-refractivity contribution in [3.8, 4) is 5.75 Å². The van der Waals surface area contributed by atoms with Gasteiger partial charge in [-0.1, -0.05) is 36.4 Å². The Morgan fingerprint density at radius 3 is 2.55 bits per heavy atom. The summed E-state index contributed by atoms with van der Waals surface area (Å²) in [6, 6.07) is 15.7. The number of Topliss-reactive ketones (excluding diaryl/α,β-unsaturated/α-hetero) is 1. The topological polar surface area (TPSA) is 26.3 Å². The van der Waals surface area contributed by atoms with Crippen LogP contribution in [0.4, 0.5) is 0 Å². The highest BCUT2D eigenvalue weighted by Crippen LogP contribution is 2.38. The van der Waals surface area contributed by atoms with Crippen LogP contribution in [0.15, 0.2) is 48.5 Å². The minimum absolute atomic E-state index is 0.0110. The monoisotopic (exact) mass is 266 g/mol. The number of fused-ring (bicyclic) bond motifs is 1. The maximum absolute atomic E-state index is 12.7. The predicted octanol–water partition coefficient (Wildman–Crippen LogP) is 4.00. The van der Waals surface area contributed by atoms with Crippen LogP contribution in [0, 0.1) is 0 Å². The molecular formula is C18H18O2. The van der Waals surface area contributed by atoms with E-state index in [1.807, 2.05) is 56.3 Å². The van der Waals surface area contributed by atoms with Gasteiger partial charge in [0.1, 0.15) is 5.75 Å². The number of ether oxygens (including phenoxy) is 1. The second-order valence-electron chi connectivity index (χ2n) is 5.48. The molecule has 1 aliphatic rings. The van der Waals surface area contributed by atoms with E-state index in [4.69, 9.17) is 4.74 Å². The van der Waals surface area contributed by atoms with Crippen molar-refractivity contribution in [2.24, 2.45) is 0 Å². The Balaban J connectivity index is 1.89. The molecule has 102 valence electrons. The molecule has 2 heteroatoms. The van der Waals surface area contributed by atoms with Crippen LogP contribution in [0.2, 0.25) is 0 Å². The average Bonchev–Trinajstić information content (AvgIpc) is 2.40. The predicted molar refractivity (Wildman–Crippen MR) is 79.4 cm³/mol. The van der Waals surface area contributed by atoms with Gasteiger partial charge < -0.3 is 4.74 Å². The fraction of sp³-hybridized carbons (Fsp3) is 0.278. The van der Waals surface area contributed by atoms with E-state index >= 15 is 0 Å². The van der Waals surface area contributed by atoms with Gasteiger partial charge in [-0.05, 0) is 43.5 Å². The van der Waals surface area contributed by atoms with Crippen molar-refractivity contribution in [2.75, 3.05) is 0 Å². The van der Waals surface area contributed by atoms with Gasteiger partial charge >= 0.3 is 0 Å². The van der Waals surface area contributed by atoms with Gasteiger partial charge in [0.25, 0.3) is 0 Å². The van der Waals surface area contributed by atoms with Crippen LogP contribution < -0.4 is 4.74 Å². The largest absolute Gasteiger partial charge is 0.490 e. The number of ketones is 1. The molecule has 0 heterocycles. The van der Waals surface area contributed by atoms with Gasteiger partial charge in [0.2, 0.25) is 0 Å². The molecule has 0 saturated heterocycles. The Hall–Kier alpha value is -2.09. The van der Waals surface area contributed by atoms with Crippen LogP contribution in [0.25, 0.3) is 0 Å². The van der Waals surface area contributed by atoms with Crippen LogP contribution in [0.5, 0.6) is 5.75 Å². The zero-order valence-electron chi connectivity index (χ0n) is 11.8. The third-order valence-corrected chi connectivity index (χ3v) is 3.69. The first-order chi connectivity index (χ1) is 9.66. The molecule has 2 aromatic carbocycles. The lowest BCUT2D eigenvalue weighted by Gasteiger charge is -2.29. The van der Waals surface area contributed by atoms with Crippen molar-refractivity contribution in [1.82, 2.24) is 0 Å². The fourth-order valence-electron chi connectivity index (χ4n) is 2.71. The molecule has 0 radical (unpaired) electrons. The van der Waals surface area contributed by atoms with Crippen LogP contribution in [-0.4, -0.2) is 11.9 Å². The molecular weight excluding hydrogens is 248 g/mol. The summed E-state index contributed by atoms with van der Waals surface area (Å²) in [4.78, 5) is 12.7. The SMILES string of the molecule is CC(C)Oc1ccccc1C(=O)C1Cc2ccccc21. The van der Waals surface area contributed by atoms with Crippen LogP contribution >= 0.6 is 0 Å². The maximum atomic E-state index is 12.7. The normalized spacial score (nSPS) is 16.4. The first-order valence-corrected chi connectivity index (χ1v) is 7.04. The van der Waals surface area contributed by atoms with E-state index in [1.165, 1.54) is 5.56 Å². The van der Waals surface area contributed by atoms with Crippen molar-refractivity contribution in [3.05, 3.63) is 65.2 Å². The quantitative estimate of drug-likeness (QED) is 0.782. The Bertz CT molecular complexity index is 643. The fourth-order valence-corrected chi connectivity index (χ4v) is 2.71. The number of carbonyl (C=O) groups is 1. The molecule has 20 heavy (non-hydrogen) atoms. The Kier molecular flexibility index (Phi) is 3.31. The number of hydrogen-bond donors (Lipinski definition) is 0. The second-order valence-corrected chi connectivity index (χ2v) is 5.48. The molecule has 0 amide bonds. The molecule has 0 N–H and O–H groups in total. The zero-order valence-corrected chi connectivity index (χ0v) is 11.8. The highest BCUT2D eigenvalue weighted by atomic mass is 16.5. The first kappa shape index (κ1) is 12.9. The molecule has 1 atom stereocenters. The minimum atomic E-state index is -0.0110. The van der Waals surface area contributed by atoms with Gasteiger partial charge in [-0.25, -0.2) is 0 Å². The summed E-state index contributed by atoms with van der Waals surface area (Å²) in [5, 5.41) is 0. The van der Waals surface area contributed by atoms with Gasteiger partial charge in [-0.2, -0.15) is 0 Å². The lowest BCUT2D eigenvalue weighted by atomic mass is 9.74. The number of carbonyl (C=O) groups excluding carboxylic acids is 1. The highest BCUT2D eigenvalue weighted by Gasteiger charge is 2.33. The first-order valence-electron chi connectivity index (χ1n) is 7.04. The van der Waals surface area contributed by atoms with Crippen molar-refractivity contribution >= 4 is 5.78 Å². The van der Waals surface area contributed by atoms with Crippen molar-refractivity contribution in [1.29, 1.82) is 0 Å². The minimum Gasteiger partial charge on any atom is -0.490 e. The van der Waals surface area contributed by atoms with E-state index in [2.05, 4.69) is 6.07 Å². The molecule has 2 nitrogen and oxygen atoms in total. The average molecular weight is 266 g/mol. The Morgan fingerprint density at radius 2 is 1.80 bits per heavy atom. The van der Waals surface area contributed by atoms with Crippen LogP contribution in [0.1, 0.15) is 41.3 Å². The van der Waals surface area contributed by atoms with Crippen molar-refractivity contribution in [3.63, 3.8) is 0 Å². The molecule has 1 unspecified atom stereocenters. The number of para-hydroxylation sites is 1. The standard InChI is InChI=1S/C18H18O2/c1-12(2)20-17-10-6-5-9-15(17)18(19)16-11-13-7-3-4-8-14(13)16/h3-10,12,16H,11H2,1-2H3. The summed E-state index contributed by atoms with van der Waals surface area (Å²) in [6.07, 6.45) is 0.906. The molecule has 0 saturated carbocycles. The van der Waals surface area contributed by atoms with Gasteiger partial charge in [0.05, 0.1) is 17.6 Å². The third-order valence-electron chi connectivity index (χ3n) is 3.69. The number of benzene rings is 2. The maximum Gasteiger partial charge on any atom is 0.174 e. The van der Waals surface area contributed by atoms with E-state index in [1.54, 1.807) is 0 Å². The molecule has 0 aliphatic heterocycles. The summed E-state index contributed by atoms with van der Waals surface area (Å²) in [6.45, 7) is 3.94. The van der Waals surface area contributed by atoms with E-state index in [9.17, 15) is 4.79 Å². The molecule has 1 aliphatic carbocycles. The van der Waals surface area contributed by atoms with Crippen molar-refractivity contribution < 1.29 is 9.53 Å². The summed E-state index contributed by atoms with van der Waals surface area (Å²) < 4.78 is 5.75. The number of rotatable bonds is 4. The van der Waals surface area contributed by atoms with Crippen LogP contribution in [-0.2, 0) is 6.42 Å². The Morgan fingerprint density at radius 1 is 1.10 bits per heavy atom. The summed E-state index contributed by atoms with van der Waals surface area (Å²) in [7, 11) is 0. The molecule has 3 rings (SSSR count). The molecule has 2 aromatic rings. The van der Waals surface area contributed by atoms with Crippen LogP contribution in [0.3, 0.4) is 0 Å². The van der Waals surface area contributed by atoms with Gasteiger partial charge in [-0.15, -0.1) is 0 Å². The lowest BCUT2D eigenvalue weighted by molar-refractivity contribution is 0.0943. The summed E-state index contributed by atoms with van der Waals surface area (Å²) in [5.41, 5.74) is 3.14. The molecule has 0 fully saturated rings. The van der Waals surface area contributed by atoms with E-state index in [-0.39, 0.29) is 17.8 Å².